The van der Waals surface area contributed by atoms with Crippen LogP contribution in [0.2, 0.25) is 0 Å². The first kappa shape index (κ1) is 18.9. The SMILES string of the molecule is C[C@H]1CC2C3CCC4CC(O)CCC4(C)C3CCC2(C)[C@]1(O)C(=O)CO. The highest BCUT2D eigenvalue weighted by Crippen LogP contribution is 2.69. The van der Waals surface area contributed by atoms with E-state index in [0.717, 1.165) is 44.9 Å². The lowest BCUT2D eigenvalue weighted by Gasteiger charge is -2.61. The van der Waals surface area contributed by atoms with E-state index in [2.05, 4.69) is 13.8 Å². The zero-order valence-corrected chi connectivity index (χ0v) is 16.6. The molecule has 0 aliphatic heterocycles. The standard InChI is InChI=1S/C22H36O4/c1-13-10-18-16-5-4-14-11-15(24)6-8-20(14,2)17(16)7-9-21(18,3)22(13,26)19(25)12-23/h13-18,23-24,26H,4-12H2,1-3H3/t13-,14?,15?,16?,17?,18?,20?,21?,22+/m0/s1. The minimum Gasteiger partial charge on any atom is -0.393 e. The van der Waals surface area contributed by atoms with Crippen molar-refractivity contribution in [2.75, 3.05) is 6.61 Å². The largest absolute Gasteiger partial charge is 0.393 e. The Morgan fingerprint density at radius 2 is 1.77 bits per heavy atom. The number of rotatable bonds is 2. The number of hydrogen-bond donors (Lipinski definition) is 3. The van der Waals surface area contributed by atoms with Crippen molar-refractivity contribution in [3.63, 3.8) is 0 Å². The van der Waals surface area contributed by atoms with Crippen LogP contribution in [0.15, 0.2) is 0 Å². The van der Waals surface area contributed by atoms with Crippen molar-refractivity contribution in [2.45, 2.75) is 83.8 Å². The van der Waals surface area contributed by atoms with E-state index in [4.69, 9.17) is 0 Å². The summed E-state index contributed by atoms with van der Waals surface area (Å²) in [5.41, 5.74) is -1.49. The number of ketones is 1. The number of Topliss-reactive ketones (excluding diaryl/α,β-unsaturated/α-hetero) is 1. The molecule has 0 aromatic heterocycles. The normalized spacial score (nSPS) is 56.4. The van der Waals surface area contributed by atoms with E-state index in [1.165, 1.54) is 6.42 Å². The van der Waals surface area contributed by atoms with Gasteiger partial charge in [0.1, 0.15) is 12.2 Å². The highest BCUT2D eigenvalue weighted by atomic mass is 16.3. The van der Waals surface area contributed by atoms with Gasteiger partial charge in [0, 0.05) is 5.41 Å². The number of fused-ring (bicyclic) bond motifs is 5. The first-order valence-corrected chi connectivity index (χ1v) is 10.7. The minimum atomic E-state index is -1.38. The molecule has 0 aromatic rings. The maximum Gasteiger partial charge on any atom is 0.190 e. The highest BCUT2D eigenvalue weighted by molar-refractivity contribution is 5.89. The number of aliphatic hydroxyl groups is 3. The second kappa shape index (κ2) is 6.02. The third-order valence-corrected chi connectivity index (χ3v) is 9.79. The lowest BCUT2D eigenvalue weighted by atomic mass is 9.44. The zero-order valence-electron chi connectivity index (χ0n) is 16.6. The Balaban J connectivity index is 1.67. The van der Waals surface area contributed by atoms with Crippen molar-refractivity contribution in [2.24, 2.45) is 40.4 Å². The van der Waals surface area contributed by atoms with Crippen molar-refractivity contribution < 1.29 is 20.1 Å². The monoisotopic (exact) mass is 364 g/mol. The molecule has 4 fully saturated rings. The summed E-state index contributed by atoms with van der Waals surface area (Å²) in [6, 6.07) is 0. The van der Waals surface area contributed by atoms with Gasteiger partial charge in [-0.05, 0) is 86.4 Å². The van der Waals surface area contributed by atoms with Crippen molar-refractivity contribution in [3.8, 4) is 0 Å². The van der Waals surface area contributed by atoms with Gasteiger partial charge in [-0.1, -0.05) is 20.8 Å². The molecule has 0 heterocycles. The summed E-state index contributed by atoms with van der Waals surface area (Å²) in [6.45, 7) is 6.00. The molecule has 0 radical (unpaired) electrons. The van der Waals surface area contributed by atoms with Gasteiger partial charge in [-0.2, -0.15) is 0 Å². The van der Waals surface area contributed by atoms with Crippen molar-refractivity contribution in [3.05, 3.63) is 0 Å². The van der Waals surface area contributed by atoms with Gasteiger partial charge in [0.15, 0.2) is 5.78 Å². The Morgan fingerprint density at radius 1 is 1.04 bits per heavy atom. The molecule has 0 bridgehead atoms. The van der Waals surface area contributed by atoms with Crippen LogP contribution in [0.3, 0.4) is 0 Å². The van der Waals surface area contributed by atoms with Crippen molar-refractivity contribution >= 4 is 5.78 Å². The summed E-state index contributed by atoms with van der Waals surface area (Å²) in [5.74, 6) is 1.72. The fraction of sp³-hybridized carbons (Fsp3) is 0.955. The minimum absolute atomic E-state index is 0.0883. The molecule has 4 nitrogen and oxygen atoms in total. The molecule has 0 saturated heterocycles. The molecule has 4 aliphatic rings. The van der Waals surface area contributed by atoms with Gasteiger partial charge in [0.05, 0.1) is 6.10 Å². The molecule has 26 heavy (non-hydrogen) atoms. The van der Waals surface area contributed by atoms with E-state index in [-0.39, 0.29) is 17.8 Å². The maximum atomic E-state index is 12.6. The topological polar surface area (TPSA) is 77.8 Å². The zero-order chi connectivity index (χ0) is 18.9. The molecule has 4 saturated carbocycles. The predicted octanol–water partition coefficient (Wildman–Crippen LogP) is 2.93. The molecule has 3 N–H and O–H groups in total. The van der Waals surface area contributed by atoms with Gasteiger partial charge >= 0.3 is 0 Å². The van der Waals surface area contributed by atoms with Crippen LogP contribution in [0.1, 0.15) is 72.1 Å². The summed E-state index contributed by atoms with van der Waals surface area (Å²) in [5, 5.41) is 31.1. The molecule has 0 spiro atoms. The third kappa shape index (κ3) is 2.21. The van der Waals surface area contributed by atoms with Gasteiger partial charge in [-0.3, -0.25) is 4.79 Å². The Hall–Kier alpha value is -0.450. The van der Waals surface area contributed by atoms with E-state index >= 15 is 0 Å². The number of hydrogen-bond acceptors (Lipinski definition) is 4. The molecule has 7 unspecified atom stereocenters. The Morgan fingerprint density at radius 3 is 2.46 bits per heavy atom. The Kier molecular flexibility index (Phi) is 4.38. The molecule has 4 heteroatoms. The quantitative estimate of drug-likeness (QED) is 0.704. The fourth-order valence-electron chi connectivity index (χ4n) is 8.29. The second-order valence-electron chi connectivity index (χ2n) is 10.5. The van der Waals surface area contributed by atoms with E-state index in [9.17, 15) is 20.1 Å². The van der Waals surface area contributed by atoms with Crippen LogP contribution in [0.5, 0.6) is 0 Å². The molecule has 4 rings (SSSR count). The van der Waals surface area contributed by atoms with E-state index in [0.29, 0.717) is 29.1 Å². The van der Waals surface area contributed by atoms with Crippen LogP contribution in [0.25, 0.3) is 0 Å². The number of carbonyl (C=O) groups excluding carboxylic acids is 1. The molecule has 9 atom stereocenters. The lowest BCUT2D eigenvalue weighted by Crippen LogP contribution is -2.60. The highest BCUT2D eigenvalue weighted by Gasteiger charge is 2.68. The van der Waals surface area contributed by atoms with Crippen LogP contribution in [-0.2, 0) is 4.79 Å². The van der Waals surface area contributed by atoms with Gasteiger partial charge in [0.2, 0.25) is 0 Å². The molecule has 4 aliphatic carbocycles. The Bertz CT molecular complexity index is 591. The second-order valence-corrected chi connectivity index (χ2v) is 10.5. The molecular formula is C22H36O4. The van der Waals surface area contributed by atoms with Crippen molar-refractivity contribution in [1.29, 1.82) is 0 Å². The summed E-state index contributed by atoms with van der Waals surface area (Å²) in [6.07, 6.45) is 8.01. The third-order valence-electron chi connectivity index (χ3n) is 9.79. The van der Waals surface area contributed by atoms with E-state index in [1.54, 1.807) is 0 Å². The van der Waals surface area contributed by atoms with E-state index in [1.807, 2.05) is 6.92 Å². The van der Waals surface area contributed by atoms with Crippen LogP contribution >= 0.6 is 0 Å². The van der Waals surface area contributed by atoms with Gasteiger partial charge in [-0.15, -0.1) is 0 Å². The summed E-state index contributed by atoms with van der Waals surface area (Å²) < 4.78 is 0. The van der Waals surface area contributed by atoms with Crippen LogP contribution in [0.4, 0.5) is 0 Å². The number of aliphatic hydroxyl groups excluding tert-OH is 2. The molecule has 0 amide bonds. The maximum absolute atomic E-state index is 12.6. The average Bonchev–Trinajstić information content (AvgIpc) is 2.83. The number of carbonyl (C=O) groups is 1. The van der Waals surface area contributed by atoms with Crippen LogP contribution in [0, 0.1) is 40.4 Å². The smallest absolute Gasteiger partial charge is 0.190 e. The van der Waals surface area contributed by atoms with Crippen LogP contribution in [-0.4, -0.2) is 39.4 Å². The Labute approximate surface area is 157 Å². The molecular weight excluding hydrogens is 328 g/mol. The molecule has 0 aromatic carbocycles. The summed E-state index contributed by atoms with van der Waals surface area (Å²) in [7, 11) is 0. The van der Waals surface area contributed by atoms with E-state index < -0.39 is 17.6 Å². The first-order chi connectivity index (χ1) is 12.2. The summed E-state index contributed by atoms with van der Waals surface area (Å²) in [4.78, 5) is 12.6. The van der Waals surface area contributed by atoms with Gasteiger partial charge in [0.25, 0.3) is 0 Å². The van der Waals surface area contributed by atoms with Gasteiger partial charge in [-0.25, -0.2) is 0 Å². The van der Waals surface area contributed by atoms with Gasteiger partial charge < -0.3 is 15.3 Å². The van der Waals surface area contributed by atoms with Crippen molar-refractivity contribution in [1.82, 2.24) is 0 Å². The van der Waals surface area contributed by atoms with Crippen LogP contribution < -0.4 is 0 Å². The lowest BCUT2D eigenvalue weighted by molar-refractivity contribution is -0.178. The first-order valence-electron chi connectivity index (χ1n) is 10.7. The molecule has 148 valence electrons. The fourth-order valence-corrected chi connectivity index (χ4v) is 8.29. The predicted molar refractivity (Wildman–Crippen MR) is 99.3 cm³/mol. The summed E-state index contributed by atoms with van der Waals surface area (Å²) >= 11 is 0. The average molecular weight is 365 g/mol.